The van der Waals surface area contributed by atoms with Gasteiger partial charge in [-0.3, -0.25) is 14.2 Å². The van der Waals surface area contributed by atoms with E-state index in [0.29, 0.717) is 38.8 Å². The van der Waals surface area contributed by atoms with Gasteiger partial charge in [0.15, 0.2) is 0 Å². The minimum absolute atomic E-state index is 0.128. The molecule has 0 aliphatic carbocycles. The maximum absolute atomic E-state index is 13.2. The fraction of sp³-hybridized carbons (Fsp3) is 0.292. The summed E-state index contributed by atoms with van der Waals surface area (Å²) in [5.74, 6) is 0.332. The van der Waals surface area contributed by atoms with Gasteiger partial charge < -0.3 is 14.1 Å². The lowest BCUT2D eigenvalue weighted by molar-refractivity contribution is -0.135. The number of hydrogen-bond donors (Lipinski definition) is 0. The molecule has 33 heavy (non-hydrogen) atoms. The van der Waals surface area contributed by atoms with Gasteiger partial charge in [-0.2, -0.15) is 0 Å². The molecule has 3 aromatic rings. The summed E-state index contributed by atoms with van der Waals surface area (Å²) in [4.78, 5) is 39.6. The van der Waals surface area contributed by atoms with Crippen molar-refractivity contribution in [2.45, 2.75) is 26.3 Å². The first-order valence-electron chi connectivity index (χ1n) is 10.7. The van der Waals surface area contributed by atoms with Gasteiger partial charge in [0.05, 0.1) is 22.2 Å². The number of aromatic nitrogens is 1. The van der Waals surface area contributed by atoms with Crippen LogP contribution in [-0.4, -0.2) is 41.0 Å². The lowest BCUT2D eigenvalue weighted by atomic mass is 10.2. The predicted octanol–water partition coefficient (Wildman–Crippen LogP) is 2.62. The standard InChI is InChI=1S/C24H23ClN2O5S/c1-2-31-23(29)14-22-27(15-21(28)26-11-5-6-12-26)24(30)20(33-22)13-16-9-10-19(32-16)17-7-3-4-8-18(17)25/h3-4,7-10,13-14H,2,5-6,11-12,15H2,1H3/b20-13-,22-14+. The van der Waals surface area contributed by atoms with E-state index in [1.54, 1.807) is 36.1 Å². The number of carbonyl (C=O) groups excluding carboxylic acids is 2. The molecule has 0 atom stereocenters. The molecule has 0 unspecified atom stereocenters. The van der Waals surface area contributed by atoms with Crippen molar-refractivity contribution in [1.29, 1.82) is 0 Å². The van der Waals surface area contributed by atoms with Crippen LogP contribution in [0.1, 0.15) is 25.5 Å². The number of ether oxygens (including phenoxy) is 1. The predicted molar refractivity (Wildman–Crippen MR) is 127 cm³/mol. The van der Waals surface area contributed by atoms with Gasteiger partial charge in [0, 0.05) is 24.7 Å². The van der Waals surface area contributed by atoms with Crippen LogP contribution < -0.4 is 14.8 Å². The fourth-order valence-electron chi connectivity index (χ4n) is 3.64. The number of hydrogen-bond acceptors (Lipinski definition) is 6. The number of nitrogens with zero attached hydrogens (tertiary/aromatic N) is 2. The molecule has 1 fully saturated rings. The SMILES string of the molecule is CCOC(=O)/C=c1/s/c(=C\c2ccc(-c3ccccc3Cl)o2)c(=O)n1CC(=O)N1CCCC1. The van der Waals surface area contributed by atoms with Crippen LogP contribution in [0, 0.1) is 0 Å². The second-order valence-corrected chi connectivity index (χ2v) is 8.98. The molecule has 0 bridgehead atoms. The molecule has 1 aliphatic rings. The van der Waals surface area contributed by atoms with Crippen LogP contribution in [0.2, 0.25) is 5.02 Å². The Bertz CT molecular complexity index is 1350. The summed E-state index contributed by atoms with van der Waals surface area (Å²) in [7, 11) is 0. The Kier molecular flexibility index (Phi) is 7.15. The molecule has 0 saturated carbocycles. The van der Waals surface area contributed by atoms with Crippen LogP contribution in [0.5, 0.6) is 0 Å². The molecule has 1 amide bonds. The van der Waals surface area contributed by atoms with E-state index >= 15 is 0 Å². The van der Waals surface area contributed by atoms with Crippen molar-refractivity contribution in [1.82, 2.24) is 9.47 Å². The second kappa shape index (κ2) is 10.2. The molecular weight excluding hydrogens is 464 g/mol. The highest BCUT2D eigenvalue weighted by Crippen LogP contribution is 2.29. The molecule has 2 aromatic heterocycles. The largest absolute Gasteiger partial charge is 0.463 e. The van der Waals surface area contributed by atoms with E-state index in [-0.39, 0.29) is 24.6 Å². The van der Waals surface area contributed by atoms with E-state index < -0.39 is 5.97 Å². The van der Waals surface area contributed by atoms with Crippen molar-refractivity contribution in [3.63, 3.8) is 0 Å². The molecule has 3 heterocycles. The van der Waals surface area contributed by atoms with E-state index in [4.69, 9.17) is 20.8 Å². The molecule has 0 radical (unpaired) electrons. The molecule has 172 valence electrons. The zero-order chi connectivity index (χ0) is 23.4. The Morgan fingerprint density at radius 1 is 1.18 bits per heavy atom. The quantitative estimate of drug-likeness (QED) is 0.500. The van der Waals surface area contributed by atoms with Gasteiger partial charge in [-0.25, -0.2) is 4.79 Å². The zero-order valence-corrected chi connectivity index (χ0v) is 19.7. The molecular formula is C24H23ClN2O5S. The lowest BCUT2D eigenvalue weighted by Gasteiger charge is -2.15. The Morgan fingerprint density at radius 2 is 1.94 bits per heavy atom. The minimum atomic E-state index is -0.563. The Labute approximate surface area is 199 Å². The van der Waals surface area contributed by atoms with E-state index in [1.165, 1.54) is 10.6 Å². The number of esters is 1. The molecule has 1 aliphatic heterocycles. The van der Waals surface area contributed by atoms with Gasteiger partial charge in [0.25, 0.3) is 5.56 Å². The number of amides is 1. The highest BCUT2D eigenvalue weighted by molar-refractivity contribution is 7.07. The summed E-state index contributed by atoms with van der Waals surface area (Å²) in [6.45, 7) is 3.16. The third kappa shape index (κ3) is 5.29. The number of likely N-dealkylation sites (tertiary alicyclic amines) is 1. The molecule has 0 N–H and O–H groups in total. The van der Waals surface area contributed by atoms with E-state index in [9.17, 15) is 14.4 Å². The Hall–Kier alpha value is -3.10. The van der Waals surface area contributed by atoms with Crippen molar-refractivity contribution in [2.75, 3.05) is 19.7 Å². The average Bonchev–Trinajstić information content (AvgIpc) is 3.53. The van der Waals surface area contributed by atoms with Crippen LogP contribution in [0.25, 0.3) is 23.5 Å². The Balaban J connectivity index is 1.73. The van der Waals surface area contributed by atoms with Crippen molar-refractivity contribution in [2.24, 2.45) is 0 Å². The summed E-state index contributed by atoms with van der Waals surface area (Å²) in [5, 5.41) is 0.559. The number of halogens is 1. The molecule has 0 spiro atoms. The van der Waals surface area contributed by atoms with Gasteiger partial charge >= 0.3 is 5.97 Å². The highest BCUT2D eigenvalue weighted by Gasteiger charge is 2.20. The first kappa shape index (κ1) is 23.1. The van der Waals surface area contributed by atoms with Gasteiger partial charge in [-0.1, -0.05) is 23.7 Å². The third-order valence-electron chi connectivity index (χ3n) is 5.26. The van der Waals surface area contributed by atoms with Crippen molar-refractivity contribution in [3.05, 3.63) is 66.7 Å². The topological polar surface area (TPSA) is 81.7 Å². The number of thiazole rings is 1. The maximum Gasteiger partial charge on any atom is 0.333 e. The first-order chi connectivity index (χ1) is 16.0. The number of rotatable bonds is 6. The molecule has 1 aromatic carbocycles. The fourth-order valence-corrected chi connectivity index (χ4v) is 4.88. The number of benzene rings is 1. The van der Waals surface area contributed by atoms with Crippen LogP contribution in [0.15, 0.2) is 45.6 Å². The summed E-state index contributed by atoms with van der Waals surface area (Å²) in [6, 6.07) is 10.8. The summed E-state index contributed by atoms with van der Waals surface area (Å²) >= 11 is 7.36. The van der Waals surface area contributed by atoms with Crippen molar-refractivity contribution >= 4 is 47.0 Å². The number of furan rings is 1. The average molecular weight is 487 g/mol. The van der Waals surface area contributed by atoms with Gasteiger partial charge in [-0.05, 0) is 44.0 Å². The van der Waals surface area contributed by atoms with E-state index in [1.807, 2.05) is 18.2 Å². The van der Waals surface area contributed by atoms with Gasteiger partial charge in [0.2, 0.25) is 5.91 Å². The molecule has 7 nitrogen and oxygen atoms in total. The third-order valence-corrected chi connectivity index (χ3v) is 6.65. The lowest BCUT2D eigenvalue weighted by Crippen LogP contribution is -2.39. The van der Waals surface area contributed by atoms with Crippen LogP contribution in [0.3, 0.4) is 0 Å². The first-order valence-corrected chi connectivity index (χ1v) is 11.9. The minimum Gasteiger partial charge on any atom is -0.463 e. The van der Waals surface area contributed by atoms with Crippen molar-refractivity contribution < 1.29 is 18.7 Å². The van der Waals surface area contributed by atoms with Gasteiger partial charge in [-0.15, -0.1) is 11.3 Å². The normalized spacial score (nSPS) is 14.8. The van der Waals surface area contributed by atoms with Crippen molar-refractivity contribution in [3.8, 4) is 11.3 Å². The maximum atomic E-state index is 13.2. The second-order valence-electron chi connectivity index (χ2n) is 7.51. The highest BCUT2D eigenvalue weighted by atomic mass is 35.5. The monoisotopic (exact) mass is 486 g/mol. The molecule has 9 heteroatoms. The van der Waals surface area contributed by atoms with Crippen LogP contribution >= 0.6 is 22.9 Å². The van der Waals surface area contributed by atoms with Crippen LogP contribution in [0.4, 0.5) is 0 Å². The molecule has 4 rings (SSSR count). The zero-order valence-electron chi connectivity index (χ0n) is 18.1. The Morgan fingerprint density at radius 3 is 2.67 bits per heavy atom. The van der Waals surface area contributed by atoms with E-state index in [0.717, 1.165) is 29.7 Å². The molecule has 1 saturated heterocycles. The van der Waals surface area contributed by atoms with Gasteiger partial charge in [0.1, 0.15) is 22.7 Å². The summed E-state index contributed by atoms with van der Waals surface area (Å²) in [6.07, 6.45) is 4.77. The summed E-state index contributed by atoms with van der Waals surface area (Å²) < 4.78 is 12.9. The number of carbonyl (C=O) groups is 2. The van der Waals surface area contributed by atoms with E-state index in [2.05, 4.69) is 0 Å². The van der Waals surface area contributed by atoms with Crippen LogP contribution in [-0.2, 0) is 20.9 Å². The summed E-state index contributed by atoms with van der Waals surface area (Å²) in [5.41, 5.74) is 0.383. The smallest absolute Gasteiger partial charge is 0.333 e.